The highest BCUT2D eigenvalue weighted by Crippen LogP contribution is 2.38. The Morgan fingerprint density at radius 3 is 2.81 bits per heavy atom. The molecule has 1 aliphatic rings. The molecule has 16 heavy (non-hydrogen) atoms. The van der Waals surface area contributed by atoms with Crippen LogP contribution in [0, 0.1) is 12.8 Å². The van der Waals surface area contributed by atoms with Crippen molar-refractivity contribution < 1.29 is 5.11 Å². The SMILES string of the molecule is Cc1cn(C)nc1CNCC(C)(O)C1CC1. The Morgan fingerprint density at radius 1 is 1.62 bits per heavy atom. The zero-order valence-corrected chi connectivity index (χ0v) is 10.3. The van der Waals surface area contributed by atoms with Crippen molar-refractivity contribution in [2.45, 2.75) is 38.8 Å². The first-order valence-electron chi connectivity index (χ1n) is 5.91. The maximum absolute atomic E-state index is 10.1. The number of hydrogen-bond acceptors (Lipinski definition) is 3. The zero-order valence-electron chi connectivity index (χ0n) is 10.3. The summed E-state index contributed by atoms with van der Waals surface area (Å²) in [6.07, 6.45) is 4.34. The van der Waals surface area contributed by atoms with Crippen molar-refractivity contribution in [2.24, 2.45) is 13.0 Å². The Labute approximate surface area is 96.7 Å². The van der Waals surface area contributed by atoms with E-state index in [2.05, 4.69) is 17.3 Å². The molecule has 0 radical (unpaired) electrons. The summed E-state index contributed by atoms with van der Waals surface area (Å²) in [5.74, 6) is 0.491. The summed E-state index contributed by atoms with van der Waals surface area (Å²) < 4.78 is 1.82. The van der Waals surface area contributed by atoms with Crippen LogP contribution < -0.4 is 5.32 Å². The van der Waals surface area contributed by atoms with Crippen LogP contribution in [0.2, 0.25) is 0 Å². The Morgan fingerprint density at radius 2 is 2.31 bits per heavy atom. The monoisotopic (exact) mass is 223 g/mol. The summed E-state index contributed by atoms with van der Waals surface area (Å²) in [5, 5.41) is 17.8. The number of aryl methyl sites for hydroxylation is 2. The fraction of sp³-hybridized carbons (Fsp3) is 0.750. The molecule has 1 atom stereocenters. The van der Waals surface area contributed by atoms with Crippen molar-refractivity contribution in [1.29, 1.82) is 0 Å². The van der Waals surface area contributed by atoms with Crippen molar-refractivity contribution in [1.82, 2.24) is 15.1 Å². The second kappa shape index (κ2) is 4.18. The van der Waals surface area contributed by atoms with Crippen LogP contribution in [0.4, 0.5) is 0 Å². The number of nitrogens with one attached hydrogen (secondary N) is 1. The fourth-order valence-corrected chi connectivity index (χ4v) is 2.11. The summed E-state index contributed by atoms with van der Waals surface area (Å²) in [6.45, 7) is 5.36. The number of nitrogens with zero attached hydrogens (tertiary/aromatic N) is 2. The number of aromatic nitrogens is 2. The predicted molar refractivity (Wildman–Crippen MR) is 63.0 cm³/mol. The average molecular weight is 223 g/mol. The van der Waals surface area contributed by atoms with E-state index in [1.54, 1.807) is 0 Å². The third kappa shape index (κ3) is 2.62. The molecule has 2 N–H and O–H groups in total. The molecule has 1 unspecified atom stereocenters. The molecule has 1 aliphatic carbocycles. The predicted octanol–water partition coefficient (Wildman–Crippen LogP) is 0.979. The Kier molecular flexibility index (Phi) is 3.04. The van der Waals surface area contributed by atoms with Crippen LogP contribution >= 0.6 is 0 Å². The van der Waals surface area contributed by atoms with Gasteiger partial charge in [0.25, 0.3) is 0 Å². The van der Waals surface area contributed by atoms with Crippen molar-refractivity contribution in [2.75, 3.05) is 6.54 Å². The average Bonchev–Trinajstić information content (AvgIpc) is 2.95. The third-order valence-electron chi connectivity index (χ3n) is 3.35. The van der Waals surface area contributed by atoms with E-state index in [9.17, 15) is 5.11 Å². The van der Waals surface area contributed by atoms with Gasteiger partial charge in [-0.2, -0.15) is 5.10 Å². The van der Waals surface area contributed by atoms with Crippen molar-refractivity contribution in [3.05, 3.63) is 17.5 Å². The van der Waals surface area contributed by atoms with E-state index >= 15 is 0 Å². The normalized spacial score (nSPS) is 19.8. The van der Waals surface area contributed by atoms with Crippen LogP contribution in [-0.2, 0) is 13.6 Å². The topological polar surface area (TPSA) is 50.1 Å². The van der Waals surface area contributed by atoms with Crippen LogP contribution in [-0.4, -0.2) is 27.0 Å². The van der Waals surface area contributed by atoms with Crippen LogP contribution in [0.5, 0.6) is 0 Å². The smallest absolute Gasteiger partial charge is 0.0791 e. The third-order valence-corrected chi connectivity index (χ3v) is 3.35. The number of rotatable bonds is 5. The maximum Gasteiger partial charge on any atom is 0.0791 e. The van der Waals surface area contributed by atoms with Gasteiger partial charge in [0.15, 0.2) is 0 Å². The number of hydrogen-bond donors (Lipinski definition) is 2. The minimum absolute atomic E-state index is 0.491. The first-order chi connectivity index (χ1) is 7.49. The molecule has 0 spiro atoms. The van der Waals surface area contributed by atoms with E-state index in [1.165, 1.54) is 5.56 Å². The summed E-state index contributed by atoms with van der Waals surface area (Å²) in [5.41, 5.74) is 1.71. The van der Waals surface area contributed by atoms with Gasteiger partial charge in [0.1, 0.15) is 0 Å². The van der Waals surface area contributed by atoms with Gasteiger partial charge >= 0.3 is 0 Å². The molecule has 0 aromatic carbocycles. The summed E-state index contributed by atoms with van der Waals surface area (Å²) in [7, 11) is 1.93. The van der Waals surface area contributed by atoms with Gasteiger partial charge in [-0.1, -0.05) is 0 Å². The van der Waals surface area contributed by atoms with Crippen LogP contribution in [0.15, 0.2) is 6.20 Å². The molecule has 2 rings (SSSR count). The number of aliphatic hydroxyl groups is 1. The van der Waals surface area contributed by atoms with E-state index in [-0.39, 0.29) is 0 Å². The molecule has 0 saturated heterocycles. The maximum atomic E-state index is 10.1. The van der Waals surface area contributed by atoms with Gasteiger partial charge in [-0.05, 0) is 38.2 Å². The first kappa shape index (κ1) is 11.6. The zero-order chi connectivity index (χ0) is 11.8. The lowest BCUT2D eigenvalue weighted by molar-refractivity contribution is 0.0366. The van der Waals surface area contributed by atoms with Gasteiger partial charge in [-0.25, -0.2) is 0 Å². The van der Waals surface area contributed by atoms with Crippen molar-refractivity contribution in [3.63, 3.8) is 0 Å². The van der Waals surface area contributed by atoms with E-state index in [0.717, 1.165) is 25.1 Å². The molecule has 0 aliphatic heterocycles. The van der Waals surface area contributed by atoms with E-state index < -0.39 is 5.60 Å². The molecular weight excluding hydrogens is 202 g/mol. The Bertz CT molecular complexity index is 366. The molecule has 1 aromatic rings. The first-order valence-corrected chi connectivity index (χ1v) is 5.91. The lowest BCUT2D eigenvalue weighted by Crippen LogP contribution is -2.39. The minimum Gasteiger partial charge on any atom is -0.389 e. The molecule has 0 amide bonds. The summed E-state index contributed by atoms with van der Waals surface area (Å²) >= 11 is 0. The largest absolute Gasteiger partial charge is 0.389 e. The quantitative estimate of drug-likeness (QED) is 0.782. The highest BCUT2D eigenvalue weighted by Gasteiger charge is 2.39. The van der Waals surface area contributed by atoms with Crippen LogP contribution in [0.25, 0.3) is 0 Å². The molecule has 0 bridgehead atoms. The van der Waals surface area contributed by atoms with Gasteiger partial charge < -0.3 is 10.4 Å². The van der Waals surface area contributed by atoms with E-state index in [4.69, 9.17) is 0 Å². The molecular formula is C12H21N3O. The highest BCUT2D eigenvalue weighted by atomic mass is 16.3. The van der Waals surface area contributed by atoms with Crippen LogP contribution in [0.3, 0.4) is 0 Å². The van der Waals surface area contributed by atoms with Gasteiger partial charge in [-0.15, -0.1) is 0 Å². The highest BCUT2D eigenvalue weighted by molar-refractivity contribution is 5.14. The van der Waals surface area contributed by atoms with E-state index in [1.807, 2.05) is 24.9 Å². The Hall–Kier alpha value is -0.870. The molecule has 90 valence electrons. The van der Waals surface area contributed by atoms with Crippen molar-refractivity contribution in [3.8, 4) is 0 Å². The molecule has 1 fully saturated rings. The fourth-order valence-electron chi connectivity index (χ4n) is 2.11. The van der Waals surface area contributed by atoms with Gasteiger partial charge in [0, 0.05) is 26.3 Å². The lowest BCUT2D eigenvalue weighted by atomic mass is 10.0. The van der Waals surface area contributed by atoms with Gasteiger partial charge in [-0.3, -0.25) is 4.68 Å². The van der Waals surface area contributed by atoms with Gasteiger partial charge in [0.2, 0.25) is 0 Å². The minimum atomic E-state index is -0.553. The molecule has 1 saturated carbocycles. The summed E-state index contributed by atoms with van der Waals surface area (Å²) in [6, 6.07) is 0. The molecule has 4 nitrogen and oxygen atoms in total. The van der Waals surface area contributed by atoms with Crippen LogP contribution in [0.1, 0.15) is 31.0 Å². The summed E-state index contributed by atoms with van der Waals surface area (Å²) in [4.78, 5) is 0. The lowest BCUT2D eigenvalue weighted by Gasteiger charge is -2.23. The Balaban J connectivity index is 1.81. The second-order valence-electron chi connectivity index (χ2n) is 5.17. The molecule has 1 heterocycles. The standard InChI is InChI=1S/C12H21N3O/c1-9-7-15(3)14-11(9)6-13-8-12(2,16)10-4-5-10/h7,10,13,16H,4-6,8H2,1-3H3. The van der Waals surface area contributed by atoms with E-state index in [0.29, 0.717) is 12.5 Å². The molecule has 1 aromatic heterocycles. The molecule has 4 heteroatoms. The van der Waals surface area contributed by atoms with Crippen molar-refractivity contribution >= 4 is 0 Å². The van der Waals surface area contributed by atoms with Gasteiger partial charge in [0.05, 0.1) is 11.3 Å². The second-order valence-corrected chi connectivity index (χ2v) is 5.17.